The molecule has 1 fully saturated rings. The van der Waals surface area contributed by atoms with Crippen molar-refractivity contribution in [2.45, 2.75) is 115 Å². The number of amides is 1. The molecule has 0 aliphatic carbocycles. The summed E-state index contributed by atoms with van der Waals surface area (Å²) in [5.41, 5.74) is 2.28. The van der Waals surface area contributed by atoms with Gasteiger partial charge in [0.1, 0.15) is 35.6 Å². The topological polar surface area (TPSA) is 164 Å². The first-order valence-electron chi connectivity index (χ1n) is 23.2. The molecule has 2 aromatic heterocycles. The lowest BCUT2D eigenvalue weighted by molar-refractivity contribution is -0.165. The minimum atomic E-state index is -2.74. The molecule has 1 saturated heterocycles. The number of imidazole rings is 1. The van der Waals surface area contributed by atoms with Crippen LogP contribution in [-0.4, -0.2) is 89.8 Å². The average molecular weight is 974 g/mol. The summed E-state index contributed by atoms with van der Waals surface area (Å²) in [6.07, 6.45) is -0.831. The van der Waals surface area contributed by atoms with Gasteiger partial charge in [-0.1, -0.05) is 93.6 Å². The molecule has 0 bridgehead atoms. The van der Waals surface area contributed by atoms with Gasteiger partial charge in [-0.25, -0.2) is 19.6 Å². The number of rotatable bonds is 20. The second-order valence-electron chi connectivity index (χ2n) is 18.8. The number of methoxy groups -OCH3 is 2. The Morgan fingerprint density at radius 2 is 1.39 bits per heavy atom. The third-order valence-electron chi connectivity index (χ3n) is 12.6. The van der Waals surface area contributed by atoms with Crippen molar-refractivity contribution in [2.24, 2.45) is 0 Å². The predicted octanol–water partition coefficient (Wildman–Crippen LogP) is 11.0. The summed E-state index contributed by atoms with van der Waals surface area (Å²) in [5, 5.41) is 12.3. The van der Waals surface area contributed by atoms with Crippen LogP contribution < -0.4 is 14.8 Å². The summed E-state index contributed by atoms with van der Waals surface area (Å²) < 4.78 is 52.0. The fraction of sp³-hybridized carbons (Fsp3) is 0.404. The molecule has 0 saturated carbocycles. The zero-order valence-corrected chi connectivity index (χ0v) is 43.2. The first-order chi connectivity index (χ1) is 33.0. The lowest BCUT2D eigenvalue weighted by Gasteiger charge is -2.44. The van der Waals surface area contributed by atoms with E-state index in [-0.39, 0.29) is 41.9 Å². The monoisotopic (exact) mass is 973 g/mol. The average Bonchev–Trinajstić information content (AvgIpc) is 3.91. The first-order valence-corrected chi connectivity index (χ1v) is 27.2. The number of aromatic nitrogens is 4. The zero-order valence-electron chi connectivity index (χ0n) is 41.3. The summed E-state index contributed by atoms with van der Waals surface area (Å²) >= 11 is 0. The number of hydrogen-bond donors (Lipinski definition) is 1. The Morgan fingerprint density at radius 3 is 1.93 bits per heavy atom. The van der Waals surface area contributed by atoms with E-state index < -0.39 is 47.2 Å². The summed E-state index contributed by atoms with van der Waals surface area (Å²) in [4.78, 5) is 27.5. The number of anilines is 1. The molecule has 1 amide bonds. The van der Waals surface area contributed by atoms with Crippen molar-refractivity contribution >= 4 is 39.7 Å². The zero-order chi connectivity index (χ0) is 49.5. The first kappa shape index (κ1) is 51.3. The quantitative estimate of drug-likeness (QED) is 0.0333. The van der Waals surface area contributed by atoms with Crippen LogP contribution in [0.5, 0.6) is 11.5 Å². The molecular weight excluding hydrogens is 910 g/mol. The molecular formula is C52H64N7O8PSi. The molecule has 69 heavy (non-hydrogen) atoms. The van der Waals surface area contributed by atoms with Crippen molar-refractivity contribution in [1.29, 1.82) is 5.26 Å². The number of benzene rings is 4. The highest BCUT2D eigenvalue weighted by Gasteiger charge is 2.57. The SMILES string of the molecule is COc1ccc(C(O[C@@H]2[C@@H](OP(OCCC#N)N(C(C)C)C(C)C)O[C@@H](n3cnc4c(NC(=O)c5ccccc5)ncnc43)[C@@H]2O[Si](C)(C)C(C)(C)C)(c2ccccc2)c2ccc(OC)cc2)cc1. The minimum Gasteiger partial charge on any atom is -0.497 e. The molecule has 1 N–H and O–H groups in total. The molecule has 7 rings (SSSR count). The van der Waals surface area contributed by atoms with Gasteiger partial charge in [0.2, 0.25) is 0 Å². The van der Waals surface area contributed by atoms with E-state index in [1.165, 1.54) is 6.33 Å². The molecule has 17 heteroatoms. The largest absolute Gasteiger partial charge is 0.497 e. The number of carbonyl (C=O) groups excluding carboxylic acids is 1. The van der Waals surface area contributed by atoms with Crippen molar-refractivity contribution in [2.75, 3.05) is 26.1 Å². The van der Waals surface area contributed by atoms with Gasteiger partial charge in [-0.2, -0.15) is 5.26 Å². The van der Waals surface area contributed by atoms with Crippen LogP contribution >= 0.6 is 8.53 Å². The summed E-state index contributed by atoms with van der Waals surface area (Å²) in [7, 11) is -1.35. The number of fused-ring (bicyclic) bond motifs is 1. The van der Waals surface area contributed by atoms with E-state index in [9.17, 15) is 10.1 Å². The van der Waals surface area contributed by atoms with Crippen molar-refractivity contribution in [3.8, 4) is 17.6 Å². The van der Waals surface area contributed by atoms with Crippen LogP contribution in [-0.2, 0) is 28.5 Å². The lowest BCUT2D eigenvalue weighted by atomic mass is 9.79. The van der Waals surface area contributed by atoms with E-state index in [1.807, 2.05) is 84.9 Å². The second-order valence-corrected chi connectivity index (χ2v) is 25.0. The maximum absolute atomic E-state index is 13.5. The molecule has 1 aliphatic heterocycles. The molecule has 15 nitrogen and oxygen atoms in total. The summed E-state index contributed by atoms with van der Waals surface area (Å²) in [6.45, 7) is 19.4. The van der Waals surface area contributed by atoms with Crippen molar-refractivity contribution in [3.63, 3.8) is 0 Å². The Morgan fingerprint density at radius 1 is 0.826 bits per heavy atom. The van der Waals surface area contributed by atoms with E-state index in [0.717, 1.165) is 16.7 Å². The van der Waals surface area contributed by atoms with Gasteiger partial charge in [0.25, 0.3) is 14.4 Å². The molecule has 3 heterocycles. The Bertz CT molecular complexity index is 2610. The van der Waals surface area contributed by atoms with Gasteiger partial charge in [-0.05, 0) is 98.9 Å². The van der Waals surface area contributed by atoms with E-state index in [4.69, 9.17) is 42.4 Å². The fourth-order valence-electron chi connectivity index (χ4n) is 8.20. The molecule has 0 spiro atoms. The van der Waals surface area contributed by atoms with Crippen LogP contribution in [0.1, 0.15) is 88.2 Å². The maximum atomic E-state index is 13.5. The Hall–Kier alpha value is -5.60. The van der Waals surface area contributed by atoms with Gasteiger partial charge >= 0.3 is 0 Å². The normalized spacial score (nSPS) is 18.2. The third kappa shape index (κ3) is 11.1. The van der Waals surface area contributed by atoms with Crippen molar-refractivity contribution in [1.82, 2.24) is 24.2 Å². The van der Waals surface area contributed by atoms with E-state index in [0.29, 0.717) is 28.2 Å². The summed E-state index contributed by atoms with van der Waals surface area (Å²) in [6, 6.07) is 36.8. The molecule has 1 aliphatic rings. The van der Waals surface area contributed by atoms with E-state index in [1.54, 1.807) is 49.4 Å². The second kappa shape index (κ2) is 22.0. The predicted molar refractivity (Wildman–Crippen MR) is 269 cm³/mol. The molecule has 6 aromatic rings. The Labute approximate surface area is 408 Å². The number of nitrogens with zero attached hydrogens (tertiary/aromatic N) is 6. The standard InChI is InChI=1S/C52H64N7O8PSi/c1-35(2)59(36(3)4)68(63-32-18-31-53)66-50-45(65-52(38-21-16-13-17-22-38,39-23-27-41(61-8)28-24-39)40-25-29-42(62-9)30-26-40)44(67-69(10,11)51(5,6)7)49(64-50)58-34-56-43-46(54-33-55-47(43)58)57-48(60)37-19-14-12-15-20-37/h12-17,19-30,33-36,44-45,49-50H,18,32H2,1-11H3,(H,54,55,57,60)/t44-,45+,49-,50-,68?/m1/s1. The van der Waals surface area contributed by atoms with Gasteiger partial charge < -0.3 is 33.2 Å². The van der Waals surface area contributed by atoms with Crippen LogP contribution in [0.2, 0.25) is 18.1 Å². The number of carbonyl (C=O) groups is 1. The van der Waals surface area contributed by atoms with E-state index in [2.05, 4.69) is 82.6 Å². The Kier molecular flexibility index (Phi) is 16.3. The highest BCUT2D eigenvalue weighted by Crippen LogP contribution is 2.54. The van der Waals surface area contributed by atoms with E-state index >= 15 is 0 Å². The number of hydrogen-bond acceptors (Lipinski definition) is 13. The van der Waals surface area contributed by atoms with Crippen molar-refractivity contribution < 1.29 is 37.2 Å². The third-order valence-corrected chi connectivity index (χ3v) is 19.2. The Balaban J connectivity index is 1.48. The number of ether oxygens (including phenoxy) is 4. The number of nitriles is 1. The van der Waals surface area contributed by atoms with Gasteiger partial charge in [0.05, 0.1) is 39.6 Å². The maximum Gasteiger partial charge on any atom is 0.261 e. The molecule has 5 atom stereocenters. The molecule has 1 unspecified atom stereocenters. The molecule has 364 valence electrons. The minimum absolute atomic E-state index is 0.0186. The molecule has 4 aromatic carbocycles. The highest BCUT2D eigenvalue weighted by atomic mass is 31.2. The molecule has 0 radical (unpaired) electrons. The van der Waals surface area contributed by atoms with Crippen LogP contribution in [0.4, 0.5) is 5.82 Å². The van der Waals surface area contributed by atoms with Gasteiger partial charge in [-0.3, -0.25) is 13.9 Å². The summed E-state index contributed by atoms with van der Waals surface area (Å²) in [5.74, 6) is 1.24. The van der Waals surface area contributed by atoms with Crippen LogP contribution in [0, 0.1) is 11.3 Å². The number of nitrogens with one attached hydrogen (secondary N) is 1. The smallest absolute Gasteiger partial charge is 0.261 e. The fourth-order valence-corrected chi connectivity index (χ4v) is 11.1. The van der Waals surface area contributed by atoms with Gasteiger partial charge in [0.15, 0.2) is 37.8 Å². The lowest BCUT2D eigenvalue weighted by Crippen LogP contribution is -2.51. The van der Waals surface area contributed by atoms with Crippen molar-refractivity contribution in [3.05, 3.63) is 144 Å². The highest BCUT2D eigenvalue weighted by molar-refractivity contribution is 7.44. The van der Waals surface area contributed by atoms with Gasteiger partial charge in [0, 0.05) is 17.6 Å². The van der Waals surface area contributed by atoms with Gasteiger partial charge in [-0.15, -0.1) is 0 Å². The van der Waals surface area contributed by atoms with Crippen LogP contribution in [0.3, 0.4) is 0 Å². The van der Waals surface area contributed by atoms with Crippen LogP contribution in [0.25, 0.3) is 11.2 Å². The van der Waals surface area contributed by atoms with Crippen LogP contribution in [0.15, 0.2) is 122 Å².